The molecule has 1 atom stereocenters. The Morgan fingerprint density at radius 3 is 2.50 bits per heavy atom. The Balaban J connectivity index is 2.05. The SMILES string of the molecule is Cc1ccc(NC(=O)[C@H](C)Oc2ccc(Cl)cc2Cl)c(C)c1. The molecule has 1 N–H and O–H groups in total. The Morgan fingerprint density at radius 1 is 1.14 bits per heavy atom. The topological polar surface area (TPSA) is 38.3 Å². The molecule has 3 nitrogen and oxygen atoms in total. The minimum absolute atomic E-state index is 0.238. The van der Waals surface area contributed by atoms with Crippen molar-refractivity contribution in [3.63, 3.8) is 0 Å². The van der Waals surface area contributed by atoms with Gasteiger partial charge in [0.2, 0.25) is 0 Å². The summed E-state index contributed by atoms with van der Waals surface area (Å²) in [6, 6.07) is 10.7. The molecule has 0 saturated heterocycles. The predicted octanol–water partition coefficient (Wildman–Crippen LogP) is 5.02. The number of ether oxygens (including phenoxy) is 1. The van der Waals surface area contributed by atoms with Crippen molar-refractivity contribution in [1.82, 2.24) is 0 Å². The Labute approximate surface area is 140 Å². The van der Waals surface area contributed by atoms with Gasteiger partial charge in [0.05, 0.1) is 5.02 Å². The summed E-state index contributed by atoms with van der Waals surface area (Å²) in [7, 11) is 0. The van der Waals surface area contributed by atoms with Crippen molar-refractivity contribution in [2.45, 2.75) is 26.9 Å². The third kappa shape index (κ3) is 4.15. The Bertz CT molecular complexity index is 701. The first-order chi connectivity index (χ1) is 10.4. The number of aryl methyl sites for hydroxylation is 2. The van der Waals surface area contributed by atoms with Gasteiger partial charge in [-0.15, -0.1) is 0 Å². The fourth-order valence-corrected chi connectivity index (χ4v) is 2.46. The number of anilines is 1. The molecule has 2 aromatic rings. The lowest BCUT2D eigenvalue weighted by Gasteiger charge is -2.16. The molecule has 0 aliphatic rings. The highest BCUT2D eigenvalue weighted by molar-refractivity contribution is 6.35. The predicted molar refractivity (Wildman–Crippen MR) is 91.1 cm³/mol. The molecule has 0 saturated carbocycles. The number of hydrogen-bond acceptors (Lipinski definition) is 2. The van der Waals surface area contributed by atoms with Crippen LogP contribution in [0.4, 0.5) is 5.69 Å². The van der Waals surface area contributed by atoms with Crippen molar-refractivity contribution in [2.75, 3.05) is 5.32 Å². The van der Waals surface area contributed by atoms with Crippen LogP contribution in [0.2, 0.25) is 10.0 Å². The van der Waals surface area contributed by atoms with E-state index in [1.54, 1.807) is 25.1 Å². The summed E-state index contributed by atoms with van der Waals surface area (Å²) in [5, 5.41) is 3.75. The third-order valence-corrected chi connectivity index (χ3v) is 3.74. The van der Waals surface area contributed by atoms with Gasteiger partial charge in [-0.3, -0.25) is 4.79 Å². The normalized spacial score (nSPS) is 11.9. The lowest BCUT2D eigenvalue weighted by molar-refractivity contribution is -0.122. The van der Waals surface area contributed by atoms with Gasteiger partial charge >= 0.3 is 0 Å². The van der Waals surface area contributed by atoms with Crippen molar-refractivity contribution in [2.24, 2.45) is 0 Å². The maximum atomic E-state index is 12.2. The Morgan fingerprint density at radius 2 is 1.86 bits per heavy atom. The number of rotatable bonds is 4. The van der Waals surface area contributed by atoms with E-state index in [0.717, 1.165) is 16.8 Å². The highest BCUT2D eigenvalue weighted by Crippen LogP contribution is 2.28. The molecule has 1 amide bonds. The van der Waals surface area contributed by atoms with Crippen LogP contribution in [0.5, 0.6) is 5.75 Å². The van der Waals surface area contributed by atoms with Crippen molar-refractivity contribution >= 4 is 34.8 Å². The monoisotopic (exact) mass is 337 g/mol. The fourth-order valence-electron chi connectivity index (χ4n) is 2.00. The van der Waals surface area contributed by atoms with Crippen LogP contribution in [0.25, 0.3) is 0 Å². The van der Waals surface area contributed by atoms with Gasteiger partial charge in [0, 0.05) is 10.7 Å². The van der Waals surface area contributed by atoms with Crippen LogP contribution in [-0.2, 0) is 4.79 Å². The standard InChI is InChI=1S/C17H17Cl2NO2/c1-10-4-6-15(11(2)8-10)20-17(21)12(3)22-16-7-5-13(18)9-14(16)19/h4-9,12H,1-3H3,(H,20,21)/t12-/m0/s1. The van der Waals surface area contributed by atoms with Crippen LogP contribution >= 0.6 is 23.2 Å². The number of carbonyl (C=O) groups excluding carboxylic acids is 1. The number of benzene rings is 2. The van der Waals surface area contributed by atoms with E-state index < -0.39 is 6.10 Å². The minimum atomic E-state index is -0.681. The van der Waals surface area contributed by atoms with Crippen LogP contribution in [0.15, 0.2) is 36.4 Å². The number of nitrogens with one attached hydrogen (secondary N) is 1. The zero-order valence-electron chi connectivity index (χ0n) is 12.6. The van der Waals surface area contributed by atoms with Gasteiger partial charge < -0.3 is 10.1 Å². The summed E-state index contributed by atoms with van der Waals surface area (Å²) < 4.78 is 5.60. The maximum absolute atomic E-state index is 12.2. The van der Waals surface area contributed by atoms with Gasteiger partial charge in [-0.2, -0.15) is 0 Å². The first kappa shape index (κ1) is 16.7. The molecule has 0 fully saturated rings. The molecular formula is C17H17Cl2NO2. The van der Waals surface area contributed by atoms with E-state index in [2.05, 4.69) is 5.32 Å². The number of carbonyl (C=O) groups is 1. The van der Waals surface area contributed by atoms with Crippen molar-refractivity contribution in [1.29, 1.82) is 0 Å². The molecule has 0 spiro atoms. The zero-order valence-corrected chi connectivity index (χ0v) is 14.1. The molecule has 0 bridgehead atoms. The van der Waals surface area contributed by atoms with E-state index in [4.69, 9.17) is 27.9 Å². The molecule has 0 aliphatic carbocycles. The quantitative estimate of drug-likeness (QED) is 0.850. The second-order valence-electron chi connectivity index (χ2n) is 5.14. The number of hydrogen-bond donors (Lipinski definition) is 1. The van der Waals surface area contributed by atoms with Gasteiger partial charge in [-0.05, 0) is 50.6 Å². The van der Waals surface area contributed by atoms with Crippen LogP contribution < -0.4 is 10.1 Å². The fraction of sp³-hybridized carbons (Fsp3) is 0.235. The summed E-state index contributed by atoms with van der Waals surface area (Å²) in [5.74, 6) is 0.187. The molecule has 22 heavy (non-hydrogen) atoms. The number of amides is 1. The molecule has 0 unspecified atom stereocenters. The molecule has 5 heteroatoms. The van der Waals surface area contributed by atoms with E-state index in [9.17, 15) is 4.79 Å². The van der Waals surface area contributed by atoms with Gasteiger partial charge in [0.15, 0.2) is 6.10 Å². The van der Waals surface area contributed by atoms with Crippen molar-refractivity contribution in [3.8, 4) is 5.75 Å². The van der Waals surface area contributed by atoms with Gasteiger partial charge in [0.1, 0.15) is 5.75 Å². The lowest BCUT2D eigenvalue weighted by Crippen LogP contribution is -2.30. The van der Waals surface area contributed by atoms with E-state index in [0.29, 0.717) is 15.8 Å². The summed E-state index contributed by atoms with van der Waals surface area (Å²) in [5.41, 5.74) is 2.92. The average Bonchev–Trinajstić information content (AvgIpc) is 2.44. The Kier molecular flexibility index (Phi) is 5.33. The van der Waals surface area contributed by atoms with E-state index in [1.165, 1.54) is 0 Å². The highest BCUT2D eigenvalue weighted by Gasteiger charge is 2.17. The molecule has 0 aromatic heterocycles. The summed E-state index contributed by atoms with van der Waals surface area (Å²) in [6.45, 7) is 5.63. The van der Waals surface area contributed by atoms with Crippen LogP contribution in [0.3, 0.4) is 0 Å². The van der Waals surface area contributed by atoms with Crippen LogP contribution in [-0.4, -0.2) is 12.0 Å². The number of halogens is 2. The second kappa shape index (κ2) is 7.03. The smallest absolute Gasteiger partial charge is 0.265 e. The van der Waals surface area contributed by atoms with Crippen molar-refractivity contribution in [3.05, 3.63) is 57.6 Å². The largest absolute Gasteiger partial charge is 0.479 e. The summed E-state index contributed by atoms with van der Waals surface area (Å²) in [6.07, 6.45) is -0.681. The Hall–Kier alpha value is -1.71. The van der Waals surface area contributed by atoms with E-state index >= 15 is 0 Å². The third-order valence-electron chi connectivity index (χ3n) is 3.21. The van der Waals surface area contributed by atoms with Crippen LogP contribution in [0, 0.1) is 13.8 Å². The van der Waals surface area contributed by atoms with Gasteiger partial charge in [0.25, 0.3) is 5.91 Å². The molecular weight excluding hydrogens is 321 g/mol. The molecule has 0 aliphatic heterocycles. The molecule has 0 heterocycles. The molecule has 116 valence electrons. The van der Waals surface area contributed by atoms with Crippen LogP contribution in [0.1, 0.15) is 18.1 Å². The van der Waals surface area contributed by atoms with Gasteiger partial charge in [-0.25, -0.2) is 0 Å². The molecule has 0 radical (unpaired) electrons. The first-order valence-corrected chi connectivity index (χ1v) is 7.62. The summed E-state index contributed by atoms with van der Waals surface area (Å²) in [4.78, 5) is 12.2. The van der Waals surface area contributed by atoms with Crippen molar-refractivity contribution < 1.29 is 9.53 Å². The maximum Gasteiger partial charge on any atom is 0.265 e. The van der Waals surface area contributed by atoms with Gasteiger partial charge in [-0.1, -0.05) is 40.9 Å². The average molecular weight is 338 g/mol. The highest BCUT2D eigenvalue weighted by atomic mass is 35.5. The first-order valence-electron chi connectivity index (χ1n) is 6.86. The second-order valence-corrected chi connectivity index (χ2v) is 5.99. The van der Waals surface area contributed by atoms with E-state index in [-0.39, 0.29) is 5.91 Å². The van der Waals surface area contributed by atoms with E-state index in [1.807, 2.05) is 32.0 Å². The summed E-state index contributed by atoms with van der Waals surface area (Å²) >= 11 is 11.9. The zero-order chi connectivity index (χ0) is 16.3. The lowest BCUT2D eigenvalue weighted by atomic mass is 10.1. The molecule has 2 aromatic carbocycles. The minimum Gasteiger partial charge on any atom is -0.479 e. The molecule has 2 rings (SSSR count).